The maximum Gasteiger partial charge on any atom is 0.303 e. The van der Waals surface area contributed by atoms with E-state index in [9.17, 15) is 4.79 Å². The molecule has 0 bridgehead atoms. The van der Waals surface area contributed by atoms with Gasteiger partial charge in [-0.2, -0.15) is 0 Å². The summed E-state index contributed by atoms with van der Waals surface area (Å²) in [7, 11) is 3.36. The number of allylic oxidation sites excluding steroid dienone is 5. The lowest BCUT2D eigenvalue weighted by atomic mass is 10.1. The second-order valence-electron chi connectivity index (χ2n) is 6.31. The Kier molecular flexibility index (Phi) is 11.0. The van der Waals surface area contributed by atoms with Crippen LogP contribution < -0.4 is 0 Å². The van der Waals surface area contributed by atoms with Crippen molar-refractivity contribution in [1.82, 2.24) is 0 Å². The van der Waals surface area contributed by atoms with Crippen molar-refractivity contribution in [3.8, 4) is 0 Å². The molecule has 0 radical (unpaired) electrons. The molecule has 0 aromatic rings. The van der Waals surface area contributed by atoms with Gasteiger partial charge in [0.05, 0.1) is 33.4 Å². The van der Waals surface area contributed by atoms with Gasteiger partial charge in [0.25, 0.3) is 0 Å². The van der Waals surface area contributed by atoms with Crippen molar-refractivity contribution < 1.29 is 24.1 Å². The van der Waals surface area contributed by atoms with Crippen molar-refractivity contribution in [2.24, 2.45) is 0 Å². The van der Waals surface area contributed by atoms with Crippen LogP contribution in [0.25, 0.3) is 0 Å². The van der Waals surface area contributed by atoms with Crippen molar-refractivity contribution in [3.05, 3.63) is 58.6 Å². The van der Waals surface area contributed by atoms with Crippen molar-refractivity contribution in [2.45, 2.75) is 59.0 Å². The van der Waals surface area contributed by atoms with Gasteiger partial charge in [-0.25, -0.2) is 0 Å². The standard InChI is InChI=1S/C21H28O5.C2H6/c1-4-15(7-10-21(22)23)6-5-11-26-20-9-8-16-12-17(24-2)13-18(25-3)14-19(16)20;1-2/h4-6,12,14,20H,7-11,13H2,1-3H3,(H,22,23);1-2H3/b6-5-,15-4+;. The fourth-order valence-corrected chi connectivity index (χ4v) is 3.16. The minimum Gasteiger partial charge on any atom is -0.501 e. The van der Waals surface area contributed by atoms with Crippen LogP contribution >= 0.6 is 0 Å². The fourth-order valence-electron chi connectivity index (χ4n) is 3.16. The summed E-state index contributed by atoms with van der Waals surface area (Å²) in [5, 5.41) is 8.77. The molecule has 0 saturated heterocycles. The van der Waals surface area contributed by atoms with Gasteiger partial charge in [-0.05, 0) is 49.5 Å². The molecule has 0 aromatic heterocycles. The van der Waals surface area contributed by atoms with E-state index in [0.717, 1.165) is 29.9 Å². The Labute approximate surface area is 169 Å². The summed E-state index contributed by atoms with van der Waals surface area (Å²) in [6, 6.07) is 0. The summed E-state index contributed by atoms with van der Waals surface area (Å²) in [5.41, 5.74) is 3.42. The van der Waals surface area contributed by atoms with E-state index < -0.39 is 5.97 Å². The predicted molar refractivity (Wildman–Crippen MR) is 112 cm³/mol. The Hall–Kier alpha value is -2.27. The predicted octanol–water partition coefficient (Wildman–Crippen LogP) is 5.32. The monoisotopic (exact) mass is 390 g/mol. The highest BCUT2D eigenvalue weighted by Gasteiger charge is 2.26. The molecule has 0 fully saturated rings. The topological polar surface area (TPSA) is 65.0 Å². The molecule has 0 aromatic carbocycles. The second kappa shape index (κ2) is 13.0. The lowest BCUT2D eigenvalue weighted by Gasteiger charge is -2.14. The van der Waals surface area contributed by atoms with E-state index in [2.05, 4.69) is 12.2 Å². The third-order valence-electron chi connectivity index (χ3n) is 4.64. The molecule has 1 unspecified atom stereocenters. The van der Waals surface area contributed by atoms with Gasteiger partial charge in [-0.15, -0.1) is 0 Å². The van der Waals surface area contributed by atoms with E-state index >= 15 is 0 Å². The van der Waals surface area contributed by atoms with Crippen LogP contribution in [0.4, 0.5) is 0 Å². The summed E-state index contributed by atoms with van der Waals surface area (Å²) in [4.78, 5) is 10.7. The Bertz CT molecular complexity index is 664. The lowest BCUT2D eigenvalue weighted by Crippen LogP contribution is -2.11. The van der Waals surface area contributed by atoms with Crippen molar-refractivity contribution >= 4 is 5.97 Å². The zero-order chi connectivity index (χ0) is 20.9. The van der Waals surface area contributed by atoms with Gasteiger partial charge in [-0.3, -0.25) is 4.79 Å². The van der Waals surface area contributed by atoms with E-state index in [1.54, 1.807) is 14.2 Å². The second-order valence-corrected chi connectivity index (χ2v) is 6.31. The number of rotatable bonds is 9. The number of methoxy groups -OCH3 is 2. The van der Waals surface area contributed by atoms with Crippen molar-refractivity contribution in [2.75, 3.05) is 20.8 Å². The maximum atomic E-state index is 10.7. The molecule has 156 valence electrons. The summed E-state index contributed by atoms with van der Waals surface area (Å²) in [6.07, 6.45) is 13.3. The number of ether oxygens (including phenoxy) is 3. The van der Waals surface area contributed by atoms with Gasteiger partial charge in [0.2, 0.25) is 0 Å². The minimum atomic E-state index is -0.781. The molecule has 5 heteroatoms. The molecular formula is C23H34O5. The smallest absolute Gasteiger partial charge is 0.303 e. The van der Waals surface area contributed by atoms with Gasteiger partial charge in [0.15, 0.2) is 0 Å². The molecule has 2 aliphatic carbocycles. The van der Waals surface area contributed by atoms with Crippen LogP contribution in [0, 0.1) is 0 Å². The third kappa shape index (κ3) is 7.39. The SMILES string of the molecule is C/C=C(\C=C/COC1CCC2=C1C=C(OC)CC(OC)=C2)CCC(=O)O.CC. The maximum absolute atomic E-state index is 10.7. The van der Waals surface area contributed by atoms with E-state index in [4.69, 9.17) is 19.3 Å². The molecule has 0 heterocycles. The number of carboxylic acids is 1. The van der Waals surface area contributed by atoms with Crippen molar-refractivity contribution in [3.63, 3.8) is 0 Å². The first-order valence-electron chi connectivity index (χ1n) is 9.94. The van der Waals surface area contributed by atoms with E-state index in [0.29, 0.717) is 19.4 Å². The fraction of sp³-hybridized carbons (Fsp3) is 0.522. The summed E-state index contributed by atoms with van der Waals surface area (Å²) in [5.74, 6) is 0.996. The van der Waals surface area contributed by atoms with Gasteiger partial charge in [-0.1, -0.05) is 37.6 Å². The van der Waals surface area contributed by atoms with Crippen LogP contribution in [0.1, 0.15) is 52.9 Å². The molecule has 0 amide bonds. The van der Waals surface area contributed by atoms with Gasteiger partial charge < -0.3 is 19.3 Å². The molecule has 2 rings (SSSR count). The van der Waals surface area contributed by atoms with Crippen LogP contribution in [0.15, 0.2) is 58.6 Å². The largest absolute Gasteiger partial charge is 0.501 e. The Morgan fingerprint density at radius 3 is 2.46 bits per heavy atom. The highest BCUT2D eigenvalue weighted by Crippen LogP contribution is 2.35. The lowest BCUT2D eigenvalue weighted by molar-refractivity contribution is -0.136. The van der Waals surface area contributed by atoms with Crippen LogP contribution in [0.2, 0.25) is 0 Å². The molecule has 28 heavy (non-hydrogen) atoms. The molecule has 0 spiro atoms. The highest BCUT2D eigenvalue weighted by atomic mass is 16.5. The molecule has 1 atom stereocenters. The first-order valence-corrected chi connectivity index (χ1v) is 9.94. The van der Waals surface area contributed by atoms with Gasteiger partial charge in [0, 0.05) is 6.42 Å². The Balaban J connectivity index is 0.00000190. The minimum absolute atomic E-state index is 0.0420. The first kappa shape index (κ1) is 23.8. The Morgan fingerprint density at radius 2 is 1.86 bits per heavy atom. The summed E-state index contributed by atoms with van der Waals surface area (Å²) >= 11 is 0. The molecule has 5 nitrogen and oxygen atoms in total. The average Bonchev–Trinajstić information content (AvgIpc) is 2.97. The quantitative estimate of drug-likeness (QED) is 0.540. The van der Waals surface area contributed by atoms with Crippen molar-refractivity contribution in [1.29, 1.82) is 0 Å². The van der Waals surface area contributed by atoms with Gasteiger partial charge in [0.1, 0.15) is 11.5 Å². The number of aliphatic carboxylic acids is 1. The zero-order valence-corrected chi connectivity index (χ0v) is 17.8. The molecular weight excluding hydrogens is 356 g/mol. The highest BCUT2D eigenvalue weighted by molar-refractivity contribution is 5.67. The van der Waals surface area contributed by atoms with Crippen LogP contribution in [-0.2, 0) is 19.0 Å². The van der Waals surface area contributed by atoms with Crippen LogP contribution in [0.5, 0.6) is 0 Å². The number of carboxylic acid groups (broad SMARTS) is 1. The molecule has 0 aliphatic heterocycles. The first-order chi connectivity index (χ1) is 13.6. The third-order valence-corrected chi connectivity index (χ3v) is 4.64. The van der Waals surface area contributed by atoms with E-state index in [1.165, 1.54) is 11.1 Å². The number of hydrogen-bond acceptors (Lipinski definition) is 4. The number of carbonyl (C=O) groups is 1. The molecule has 0 saturated carbocycles. The Morgan fingerprint density at radius 1 is 1.18 bits per heavy atom. The number of hydrogen-bond donors (Lipinski definition) is 1. The van der Waals surface area contributed by atoms with E-state index in [1.807, 2.05) is 39.0 Å². The van der Waals surface area contributed by atoms with Crippen LogP contribution in [-0.4, -0.2) is 38.0 Å². The molecule has 2 aliphatic rings. The normalized spacial score (nSPS) is 19.3. The summed E-state index contributed by atoms with van der Waals surface area (Å²) < 4.78 is 16.9. The molecule has 1 N–H and O–H groups in total. The van der Waals surface area contributed by atoms with Gasteiger partial charge >= 0.3 is 5.97 Å². The van der Waals surface area contributed by atoms with E-state index in [-0.39, 0.29) is 12.5 Å². The average molecular weight is 391 g/mol. The summed E-state index contributed by atoms with van der Waals surface area (Å²) in [6.45, 7) is 6.40. The van der Waals surface area contributed by atoms with Crippen LogP contribution in [0.3, 0.4) is 0 Å². The zero-order valence-electron chi connectivity index (χ0n) is 17.8.